The Labute approximate surface area is 163 Å². The Morgan fingerprint density at radius 1 is 1.00 bits per heavy atom. The van der Waals surface area contributed by atoms with Gasteiger partial charge in [0.25, 0.3) is 5.91 Å². The molecule has 7 nitrogen and oxygen atoms in total. The Morgan fingerprint density at radius 2 is 1.79 bits per heavy atom. The molecule has 0 fully saturated rings. The minimum atomic E-state index is -0.299. The summed E-state index contributed by atoms with van der Waals surface area (Å²) in [6, 6.07) is 18.3. The number of rotatable bonds is 8. The summed E-state index contributed by atoms with van der Waals surface area (Å²) in [5.41, 5.74) is 2.05. The second kappa shape index (κ2) is 9.36. The van der Waals surface area contributed by atoms with Gasteiger partial charge in [0.15, 0.2) is 5.69 Å². The van der Waals surface area contributed by atoms with Gasteiger partial charge in [0.2, 0.25) is 0 Å². The van der Waals surface area contributed by atoms with Crippen molar-refractivity contribution in [3.8, 4) is 11.5 Å². The lowest BCUT2D eigenvalue weighted by Crippen LogP contribution is -2.16. The molecule has 0 bridgehead atoms. The zero-order valence-electron chi connectivity index (χ0n) is 15.8. The van der Waals surface area contributed by atoms with Gasteiger partial charge in [-0.2, -0.15) is 0 Å². The van der Waals surface area contributed by atoms with Gasteiger partial charge in [0, 0.05) is 5.69 Å². The van der Waals surface area contributed by atoms with Gasteiger partial charge in [0.1, 0.15) is 23.9 Å². The lowest BCUT2D eigenvalue weighted by molar-refractivity contribution is 0.102. The second-order valence-corrected chi connectivity index (χ2v) is 6.08. The van der Waals surface area contributed by atoms with Gasteiger partial charge in [-0.3, -0.25) is 4.79 Å². The van der Waals surface area contributed by atoms with Crippen molar-refractivity contribution < 1.29 is 14.3 Å². The van der Waals surface area contributed by atoms with E-state index in [0.717, 1.165) is 22.7 Å². The van der Waals surface area contributed by atoms with Crippen molar-refractivity contribution in [1.82, 2.24) is 10.2 Å². The number of methoxy groups -OCH3 is 1. The molecule has 0 radical (unpaired) electrons. The van der Waals surface area contributed by atoms with Crippen molar-refractivity contribution >= 4 is 17.4 Å². The molecule has 2 aromatic carbocycles. The number of benzene rings is 2. The summed E-state index contributed by atoms with van der Waals surface area (Å²) in [7, 11) is 1.62. The number of ether oxygens (including phenoxy) is 2. The van der Waals surface area contributed by atoms with Crippen LogP contribution >= 0.6 is 0 Å². The highest BCUT2D eigenvalue weighted by Gasteiger charge is 2.08. The number of nitrogens with zero attached hydrogens (tertiary/aromatic N) is 2. The molecule has 1 aromatic heterocycles. The first-order chi connectivity index (χ1) is 13.6. The number of anilines is 2. The van der Waals surface area contributed by atoms with Crippen molar-refractivity contribution in [2.75, 3.05) is 30.9 Å². The number of amides is 1. The number of carbonyl (C=O) groups excluding carboxylic acids is 1. The topological polar surface area (TPSA) is 85.4 Å². The van der Waals surface area contributed by atoms with Crippen LogP contribution in [0.15, 0.2) is 60.7 Å². The molecule has 0 unspecified atom stereocenters. The Balaban J connectivity index is 1.45. The Morgan fingerprint density at radius 3 is 2.46 bits per heavy atom. The molecule has 28 heavy (non-hydrogen) atoms. The van der Waals surface area contributed by atoms with Crippen LogP contribution in [0.25, 0.3) is 0 Å². The Hall–Kier alpha value is -3.61. The highest BCUT2D eigenvalue weighted by molar-refractivity contribution is 6.02. The summed E-state index contributed by atoms with van der Waals surface area (Å²) in [6.07, 6.45) is 0. The smallest absolute Gasteiger partial charge is 0.276 e. The molecule has 0 atom stereocenters. The van der Waals surface area contributed by atoms with E-state index >= 15 is 0 Å². The summed E-state index contributed by atoms with van der Waals surface area (Å²) in [4.78, 5) is 12.2. The van der Waals surface area contributed by atoms with Crippen LogP contribution in [0.1, 0.15) is 16.1 Å². The molecule has 144 valence electrons. The molecule has 3 rings (SSSR count). The van der Waals surface area contributed by atoms with E-state index in [9.17, 15) is 4.79 Å². The van der Waals surface area contributed by atoms with Crippen molar-refractivity contribution in [2.24, 2.45) is 0 Å². The highest BCUT2D eigenvalue weighted by atomic mass is 16.5. The highest BCUT2D eigenvalue weighted by Crippen LogP contribution is 2.17. The Kier molecular flexibility index (Phi) is 6.41. The molecule has 7 heteroatoms. The minimum absolute atomic E-state index is 0.251. The zero-order chi connectivity index (χ0) is 19.8. The second-order valence-electron chi connectivity index (χ2n) is 6.08. The molecule has 0 saturated heterocycles. The summed E-state index contributed by atoms with van der Waals surface area (Å²) >= 11 is 0. The number of hydrogen-bond acceptors (Lipinski definition) is 6. The predicted molar refractivity (Wildman–Crippen MR) is 108 cm³/mol. The van der Waals surface area contributed by atoms with Crippen LogP contribution in [0, 0.1) is 6.92 Å². The fraction of sp³-hybridized carbons (Fsp3) is 0.190. The van der Waals surface area contributed by atoms with Crippen LogP contribution in [-0.4, -0.2) is 36.4 Å². The summed E-state index contributed by atoms with van der Waals surface area (Å²) < 4.78 is 10.7. The average Bonchev–Trinajstić information content (AvgIpc) is 2.72. The summed E-state index contributed by atoms with van der Waals surface area (Å²) in [5.74, 6) is 1.82. The van der Waals surface area contributed by atoms with Crippen LogP contribution in [0.3, 0.4) is 0 Å². The van der Waals surface area contributed by atoms with Crippen molar-refractivity contribution in [3.63, 3.8) is 0 Å². The number of hydrogen-bond donors (Lipinski definition) is 2. The van der Waals surface area contributed by atoms with Crippen molar-refractivity contribution in [2.45, 2.75) is 6.92 Å². The molecule has 3 aromatic rings. The number of aryl methyl sites for hydroxylation is 1. The van der Waals surface area contributed by atoms with E-state index in [1.807, 2.05) is 55.5 Å². The summed E-state index contributed by atoms with van der Waals surface area (Å²) in [5, 5.41) is 13.9. The molecule has 1 heterocycles. The zero-order valence-corrected chi connectivity index (χ0v) is 15.8. The number of aromatic nitrogens is 2. The van der Waals surface area contributed by atoms with E-state index in [2.05, 4.69) is 20.8 Å². The van der Waals surface area contributed by atoms with Gasteiger partial charge >= 0.3 is 0 Å². The van der Waals surface area contributed by atoms with Gasteiger partial charge in [-0.1, -0.05) is 12.1 Å². The molecule has 2 N–H and O–H groups in total. The average molecular weight is 378 g/mol. The molecule has 0 spiro atoms. The van der Waals surface area contributed by atoms with E-state index in [4.69, 9.17) is 9.47 Å². The third-order valence-electron chi connectivity index (χ3n) is 3.91. The van der Waals surface area contributed by atoms with Crippen LogP contribution < -0.4 is 20.1 Å². The van der Waals surface area contributed by atoms with Crippen LogP contribution in [0.4, 0.5) is 11.5 Å². The van der Waals surface area contributed by atoms with Crippen LogP contribution in [0.5, 0.6) is 11.5 Å². The first kappa shape index (κ1) is 19.2. The van der Waals surface area contributed by atoms with Crippen molar-refractivity contribution in [1.29, 1.82) is 0 Å². The van der Waals surface area contributed by atoms with Crippen LogP contribution in [-0.2, 0) is 0 Å². The number of carbonyl (C=O) groups is 1. The molecule has 0 saturated carbocycles. The quantitative estimate of drug-likeness (QED) is 0.583. The lowest BCUT2D eigenvalue weighted by Gasteiger charge is -2.09. The van der Waals surface area contributed by atoms with Gasteiger partial charge in [-0.25, -0.2) is 0 Å². The summed E-state index contributed by atoms with van der Waals surface area (Å²) in [6.45, 7) is 2.98. The standard InChI is InChI=1S/C21H22N4O3/c1-15-4-3-5-16(14-15)23-21(26)19-10-11-20(25-24-19)22-12-13-28-18-8-6-17(27-2)7-9-18/h3-11,14H,12-13H2,1-2H3,(H,22,25)(H,23,26). The Bertz CT molecular complexity index is 912. The molecule has 0 aliphatic heterocycles. The monoisotopic (exact) mass is 378 g/mol. The first-order valence-corrected chi connectivity index (χ1v) is 8.86. The third-order valence-corrected chi connectivity index (χ3v) is 3.91. The molecule has 1 amide bonds. The first-order valence-electron chi connectivity index (χ1n) is 8.86. The largest absolute Gasteiger partial charge is 0.497 e. The fourth-order valence-corrected chi connectivity index (χ4v) is 2.49. The SMILES string of the molecule is COc1ccc(OCCNc2ccc(C(=O)Nc3cccc(C)c3)nn2)cc1. The van der Waals surface area contributed by atoms with E-state index < -0.39 is 0 Å². The fourth-order valence-electron chi connectivity index (χ4n) is 2.49. The van der Waals surface area contributed by atoms with Crippen LogP contribution in [0.2, 0.25) is 0 Å². The third kappa shape index (κ3) is 5.44. The molecular formula is C21H22N4O3. The van der Waals surface area contributed by atoms with Gasteiger partial charge in [-0.05, 0) is 61.0 Å². The van der Waals surface area contributed by atoms with E-state index in [1.165, 1.54) is 0 Å². The predicted octanol–water partition coefficient (Wildman–Crippen LogP) is 3.54. The molecular weight excluding hydrogens is 356 g/mol. The molecule has 0 aliphatic carbocycles. The van der Waals surface area contributed by atoms with Gasteiger partial charge in [0.05, 0.1) is 13.7 Å². The van der Waals surface area contributed by atoms with Gasteiger partial charge < -0.3 is 20.1 Å². The maximum Gasteiger partial charge on any atom is 0.276 e. The molecule has 0 aliphatic rings. The van der Waals surface area contributed by atoms with E-state index in [-0.39, 0.29) is 11.6 Å². The maximum atomic E-state index is 12.2. The van der Waals surface area contributed by atoms with Crippen molar-refractivity contribution in [3.05, 3.63) is 71.9 Å². The lowest BCUT2D eigenvalue weighted by atomic mass is 10.2. The normalized spacial score (nSPS) is 10.2. The number of nitrogens with one attached hydrogen (secondary N) is 2. The maximum absolute atomic E-state index is 12.2. The van der Waals surface area contributed by atoms with Gasteiger partial charge in [-0.15, -0.1) is 10.2 Å². The minimum Gasteiger partial charge on any atom is -0.497 e. The van der Waals surface area contributed by atoms with E-state index in [0.29, 0.717) is 19.0 Å². The van der Waals surface area contributed by atoms with E-state index in [1.54, 1.807) is 19.2 Å².